The van der Waals surface area contributed by atoms with Crippen LogP contribution in [0.2, 0.25) is 5.02 Å². The average molecular weight is 397 g/mol. The SMILES string of the molecule is OC(Cc1cc(Br)cs1)c1cc(Cl)ccc1Br. The standard InChI is InChI=1S/C12H9Br2ClOS/c13-7-3-9(17-6-7)5-12(16)10-4-8(15)1-2-11(10)14/h1-4,6,12,16H,5H2. The van der Waals surface area contributed by atoms with Crippen LogP contribution in [-0.2, 0) is 6.42 Å². The van der Waals surface area contributed by atoms with E-state index in [1.54, 1.807) is 23.5 Å². The molecule has 1 aromatic carbocycles. The molecule has 90 valence electrons. The fraction of sp³-hybridized carbons (Fsp3) is 0.167. The predicted molar refractivity (Wildman–Crippen MR) is 79.8 cm³/mol. The van der Waals surface area contributed by atoms with E-state index in [2.05, 4.69) is 31.9 Å². The van der Waals surface area contributed by atoms with Crippen molar-refractivity contribution in [3.8, 4) is 0 Å². The third-order valence-electron chi connectivity index (χ3n) is 2.33. The fourth-order valence-corrected chi connectivity index (χ4v) is 3.71. The third kappa shape index (κ3) is 3.55. The normalized spacial score (nSPS) is 12.7. The Labute approximate surface area is 126 Å². The van der Waals surface area contributed by atoms with Crippen LogP contribution in [-0.4, -0.2) is 5.11 Å². The zero-order valence-electron chi connectivity index (χ0n) is 8.66. The van der Waals surface area contributed by atoms with E-state index < -0.39 is 6.10 Å². The van der Waals surface area contributed by atoms with Crippen LogP contribution in [0, 0.1) is 0 Å². The molecule has 0 aliphatic carbocycles. The van der Waals surface area contributed by atoms with Gasteiger partial charge in [0.1, 0.15) is 0 Å². The molecule has 0 saturated carbocycles. The Morgan fingerprint density at radius 1 is 1.29 bits per heavy atom. The van der Waals surface area contributed by atoms with Gasteiger partial charge >= 0.3 is 0 Å². The summed E-state index contributed by atoms with van der Waals surface area (Å²) in [6.07, 6.45) is 0.0449. The van der Waals surface area contributed by atoms with E-state index in [1.807, 2.05) is 17.5 Å². The predicted octanol–water partition coefficient (Wildman–Crippen LogP) is 5.20. The van der Waals surface area contributed by atoms with Crippen molar-refractivity contribution in [2.45, 2.75) is 12.5 Å². The smallest absolute Gasteiger partial charge is 0.0849 e. The largest absolute Gasteiger partial charge is 0.388 e. The Hall–Kier alpha value is 0.130. The highest BCUT2D eigenvalue weighted by molar-refractivity contribution is 9.10. The van der Waals surface area contributed by atoms with Crippen LogP contribution in [0.4, 0.5) is 0 Å². The van der Waals surface area contributed by atoms with Crippen LogP contribution in [0.25, 0.3) is 0 Å². The Morgan fingerprint density at radius 3 is 2.71 bits per heavy atom. The fourth-order valence-electron chi connectivity index (χ4n) is 1.53. The van der Waals surface area contributed by atoms with Crippen molar-refractivity contribution in [2.75, 3.05) is 0 Å². The van der Waals surface area contributed by atoms with Crippen molar-refractivity contribution in [1.82, 2.24) is 0 Å². The van der Waals surface area contributed by atoms with Crippen molar-refractivity contribution in [1.29, 1.82) is 0 Å². The maximum atomic E-state index is 10.2. The van der Waals surface area contributed by atoms with Crippen LogP contribution in [0.1, 0.15) is 16.5 Å². The zero-order chi connectivity index (χ0) is 12.4. The van der Waals surface area contributed by atoms with E-state index in [9.17, 15) is 5.11 Å². The summed E-state index contributed by atoms with van der Waals surface area (Å²) in [5.41, 5.74) is 0.821. The first kappa shape index (κ1) is 13.6. The lowest BCUT2D eigenvalue weighted by molar-refractivity contribution is 0.178. The second kappa shape index (κ2) is 5.85. The second-order valence-corrected chi connectivity index (χ2v) is 6.82. The van der Waals surface area contributed by atoms with Gasteiger partial charge in [0.05, 0.1) is 6.10 Å². The van der Waals surface area contributed by atoms with Crippen molar-refractivity contribution in [3.63, 3.8) is 0 Å². The van der Waals surface area contributed by atoms with Crippen LogP contribution in [0.15, 0.2) is 38.6 Å². The molecule has 2 aromatic rings. The van der Waals surface area contributed by atoms with Gasteiger partial charge in [-0.1, -0.05) is 27.5 Å². The molecule has 0 spiro atoms. The highest BCUT2D eigenvalue weighted by Crippen LogP contribution is 2.31. The summed E-state index contributed by atoms with van der Waals surface area (Å²) in [5.74, 6) is 0. The molecule has 1 aromatic heterocycles. The second-order valence-electron chi connectivity index (χ2n) is 3.62. The van der Waals surface area contributed by atoms with Gasteiger partial charge in [-0.3, -0.25) is 0 Å². The topological polar surface area (TPSA) is 20.2 Å². The van der Waals surface area contributed by atoms with E-state index in [4.69, 9.17) is 11.6 Å². The van der Waals surface area contributed by atoms with E-state index in [0.29, 0.717) is 11.4 Å². The molecular formula is C12H9Br2ClOS. The monoisotopic (exact) mass is 394 g/mol. The van der Waals surface area contributed by atoms with E-state index in [1.165, 1.54) is 0 Å². The van der Waals surface area contributed by atoms with Crippen LogP contribution >= 0.6 is 54.8 Å². The molecule has 1 nitrogen and oxygen atoms in total. The molecule has 0 amide bonds. The van der Waals surface area contributed by atoms with Gasteiger partial charge in [0.15, 0.2) is 0 Å². The molecule has 0 aliphatic rings. The minimum absolute atomic E-state index is 0.548. The van der Waals surface area contributed by atoms with Gasteiger partial charge in [-0.05, 0) is 45.8 Å². The van der Waals surface area contributed by atoms with Gasteiger partial charge in [0, 0.05) is 30.6 Å². The molecule has 0 fully saturated rings. The number of hydrogen-bond donors (Lipinski definition) is 1. The van der Waals surface area contributed by atoms with Crippen LogP contribution in [0.3, 0.4) is 0 Å². The van der Waals surface area contributed by atoms with Gasteiger partial charge in [-0.2, -0.15) is 0 Å². The molecule has 1 heterocycles. The first-order chi connectivity index (χ1) is 8.06. The average Bonchev–Trinajstić information content (AvgIpc) is 2.67. The first-order valence-corrected chi connectivity index (χ1v) is 7.76. The maximum absolute atomic E-state index is 10.2. The van der Waals surface area contributed by atoms with E-state index >= 15 is 0 Å². The molecular weight excluding hydrogens is 387 g/mol. The summed E-state index contributed by atoms with van der Waals surface area (Å²) in [6.45, 7) is 0. The van der Waals surface area contributed by atoms with E-state index in [-0.39, 0.29) is 0 Å². The molecule has 5 heteroatoms. The summed E-state index contributed by atoms with van der Waals surface area (Å²) >= 11 is 14.4. The molecule has 0 aliphatic heterocycles. The molecule has 1 unspecified atom stereocenters. The summed E-state index contributed by atoms with van der Waals surface area (Å²) in [4.78, 5) is 1.14. The Morgan fingerprint density at radius 2 is 2.06 bits per heavy atom. The summed E-state index contributed by atoms with van der Waals surface area (Å²) in [6, 6.07) is 7.46. The Kier molecular flexibility index (Phi) is 4.66. The first-order valence-electron chi connectivity index (χ1n) is 4.92. The lowest BCUT2D eigenvalue weighted by Gasteiger charge is -2.12. The quantitative estimate of drug-likeness (QED) is 0.756. The van der Waals surface area contributed by atoms with Crippen molar-refractivity contribution in [2.24, 2.45) is 0 Å². The molecule has 0 saturated heterocycles. The van der Waals surface area contributed by atoms with Gasteiger partial charge < -0.3 is 5.11 Å². The summed E-state index contributed by atoms with van der Waals surface area (Å²) in [5, 5.41) is 12.8. The number of hydrogen-bond acceptors (Lipinski definition) is 2. The van der Waals surface area contributed by atoms with Crippen LogP contribution in [0.5, 0.6) is 0 Å². The highest BCUT2D eigenvalue weighted by atomic mass is 79.9. The number of thiophene rings is 1. The van der Waals surface area contributed by atoms with Gasteiger partial charge in [-0.15, -0.1) is 11.3 Å². The molecule has 1 N–H and O–H groups in total. The van der Waals surface area contributed by atoms with Crippen LogP contribution < -0.4 is 0 Å². The number of aliphatic hydroxyl groups is 1. The van der Waals surface area contributed by atoms with Gasteiger partial charge in [0.25, 0.3) is 0 Å². The minimum atomic E-state index is -0.548. The Bertz CT molecular complexity index is 527. The molecule has 1 atom stereocenters. The van der Waals surface area contributed by atoms with Gasteiger partial charge in [-0.25, -0.2) is 0 Å². The number of halogens is 3. The van der Waals surface area contributed by atoms with E-state index in [0.717, 1.165) is 19.4 Å². The lowest BCUT2D eigenvalue weighted by Crippen LogP contribution is -2.01. The molecule has 0 bridgehead atoms. The Balaban J connectivity index is 2.19. The maximum Gasteiger partial charge on any atom is 0.0849 e. The number of rotatable bonds is 3. The van der Waals surface area contributed by atoms with Crippen molar-refractivity contribution < 1.29 is 5.11 Å². The zero-order valence-corrected chi connectivity index (χ0v) is 13.4. The number of aliphatic hydroxyl groups excluding tert-OH is 1. The molecule has 17 heavy (non-hydrogen) atoms. The van der Waals surface area contributed by atoms with Gasteiger partial charge in [0.2, 0.25) is 0 Å². The lowest BCUT2D eigenvalue weighted by atomic mass is 10.1. The summed E-state index contributed by atoms with van der Waals surface area (Å²) in [7, 11) is 0. The van der Waals surface area contributed by atoms with Crippen molar-refractivity contribution >= 4 is 54.8 Å². The molecule has 0 radical (unpaired) electrons. The highest BCUT2D eigenvalue weighted by Gasteiger charge is 2.13. The summed E-state index contributed by atoms with van der Waals surface area (Å²) < 4.78 is 1.93. The third-order valence-corrected chi connectivity index (χ3v) is 5.01. The van der Waals surface area contributed by atoms with Crippen molar-refractivity contribution in [3.05, 3.63) is 54.1 Å². The minimum Gasteiger partial charge on any atom is -0.388 e. The molecule has 2 rings (SSSR count). The number of benzene rings is 1.